The summed E-state index contributed by atoms with van der Waals surface area (Å²) in [7, 11) is 0. The third-order valence-electron chi connectivity index (χ3n) is 6.63. The molecule has 3 aromatic carbocycles. The van der Waals surface area contributed by atoms with Crippen molar-refractivity contribution in [2.75, 3.05) is 31.1 Å². The largest absolute Gasteiger partial charge is 0.354 e. The second-order valence-corrected chi connectivity index (χ2v) is 9.48. The number of carbonyl (C=O) groups excluding carboxylic acids is 1. The highest BCUT2D eigenvalue weighted by Crippen LogP contribution is 2.29. The van der Waals surface area contributed by atoms with Gasteiger partial charge in [-0.1, -0.05) is 84.4 Å². The van der Waals surface area contributed by atoms with Crippen LogP contribution in [0.2, 0.25) is 5.02 Å². The fraction of sp³-hybridized carbons (Fsp3) is 0.233. The fourth-order valence-corrected chi connectivity index (χ4v) is 4.92. The van der Waals surface area contributed by atoms with Crippen molar-refractivity contribution in [3.8, 4) is 11.4 Å². The van der Waals surface area contributed by atoms with E-state index in [4.69, 9.17) is 21.6 Å². The van der Waals surface area contributed by atoms with Crippen LogP contribution in [0, 0.1) is 6.92 Å². The Balaban J connectivity index is 1.47. The molecule has 0 atom stereocenters. The Hall–Kier alpha value is -3.70. The molecule has 2 heterocycles. The Kier molecular flexibility index (Phi) is 7.28. The van der Waals surface area contributed by atoms with Crippen LogP contribution in [-0.4, -0.2) is 47.0 Å². The van der Waals surface area contributed by atoms with Crippen LogP contribution in [0.1, 0.15) is 33.6 Å². The highest BCUT2D eigenvalue weighted by atomic mass is 35.5. The molecule has 5 rings (SSSR count). The summed E-state index contributed by atoms with van der Waals surface area (Å²) in [5, 5.41) is 0.493. The number of aryl methyl sites for hydroxylation is 1. The molecular weight excluding hydrogens is 468 g/mol. The van der Waals surface area contributed by atoms with E-state index in [-0.39, 0.29) is 5.91 Å². The zero-order valence-electron chi connectivity index (χ0n) is 20.4. The van der Waals surface area contributed by atoms with Gasteiger partial charge in [-0.25, -0.2) is 9.97 Å². The van der Waals surface area contributed by atoms with Gasteiger partial charge in [0.15, 0.2) is 5.82 Å². The Labute approximate surface area is 217 Å². The molecule has 1 fully saturated rings. The molecule has 0 aliphatic carbocycles. The molecule has 0 spiro atoms. The topological polar surface area (TPSA) is 49.3 Å². The number of benzene rings is 3. The monoisotopic (exact) mass is 496 g/mol. The average Bonchev–Trinajstić information content (AvgIpc) is 3.17. The Bertz CT molecular complexity index is 1340. The minimum absolute atomic E-state index is 0.0178. The maximum Gasteiger partial charge on any atom is 0.255 e. The van der Waals surface area contributed by atoms with E-state index in [1.54, 1.807) is 12.1 Å². The molecule has 0 unspecified atom stereocenters. The molecule has 36 heavy (non-hydrogen) atoms. The summed E-state index contributed by atoms with van der Waals surface area (Å²) in [5.74, 6) is 1.67. The molecule has 1 aromatic heterocycles. The van der Waals surface area contributed by atoms with E-state index < -0.39 is 0 Å². The smallest absolute Gasteiger partial charge is 0.255 e. The summed E-state index contributed by atoms with van der Waals surface area (Å²) in [4.78, 5) is 27.4. The highest BCUT2D eigenvalue weighted by molar-refractivity contribution is 6.33. The van der Waals surface area contributed by atoms with Crippen molar-refractivity contribution in [1.29, 1.82) is 0 Å². The maximum atomic E-state index is 13.2. The van der Waals surface area contributed by atoms with Crippen LogP contribution < -0.4 is 4.90 Å². The van der Waals surface area contributed by atoms with Gasteiger partial charge < -0.3 is 9.80 Å². The fourth-order valence-electron chi connectivity index (χ4n) is 4.70. The van der Waals surface area contributed by atoms with Gasteiger partial charge in [-0.05, 0) is 31.0 Å². The van der Waals surface area contributed by atoms with Gasteiger partial charge >= 0.3 is 0 Å². The van der Waals surface area contributed by atoms with E-state index in [1.807, 2.05) is 53.4 Å². The Morgan fingerprint density at radius 3 is 2.28 bits per heavy atom. The summed E-state index contributed by atoms with van der Waals surface area (Å²) < 4.78 is 0. The molecule has 1 aliphatic heterocycles. The normalized spacial score (nSPS) is 13.9. The van der Waals surface area contributed by atoms with Gasteiger partial charge in [0.05, 0.1) is 10.6 Å². The lowest BCUT2D eigenvalue weighted by Crippen LogP contribution is -2.36. The number of anilines is 1. The molecule has 0 N–H and O–H groups in total. The van der Waals surface area contributed by atoms with Crippen molar-refractivity contribution in [3.05, 3.63) is 112 Å². The van der Waals surface area contributed by atoms with Crippen LogP contribution in [-0.2, 0) is 6.42 Å². The van der Waals surface area contributed by atoms with Crippen LogP contribution in [0.3, 0.4) is 0 Å². The van der Waals surface area contributed by atoms with Gasteiger partial charge in [0.2, 0.25) is 0 Å². The van der Waals surface area contributed by atoms with E-state index in [2.05, 4.69) is 36.1 Å². The third-order valence-corrected chi connectivity index (χ3v) is 6.96. The Morgan fingerprint density at radius 2 is 1.53 bits per heavy atom. The lowest BCUT2D eigenvalue weighted by atomic mass is 10.0. The molecule has 1 aliphatic rings. The van der Waals surface area contributed by atoms with Gasteiger partial charge in [0.1, 0.15) is 5.82 Å². The molecule has 5 nitrogen and oxygen atoms in total. The average molecular weight is 497 g/mol. The second-order valence-electron chi connectivity index (χ2n) is 9.08. The number of carbonyl (C=O) groups is 1. The second kappa shape index (κ2) is 10.9. The summed E-state index contributed by atoms with van der Waals surface area (Å²) in [6, 6.07) is 27.8. The van der Waals surface area contributed by atoms with Gasteiger partial charge in [-0.15, -0.1) is 0 Å². The number of amides is 1. The third kappa shape index (κ3) is 5.26. The molecular formula is C30H29ClN4O. The molecule has 1 saturated heterocycles. The van der Waals surface area contributed by atoms with E-state index in [0.29, 0.717) is 30.2 Å². The zero-order valence-corrected chi connectivity index (χ0v) is 21.2. The molecule has 0 radical (unpaired) electrons. The lowest BCUT2D eigenvalue weighted by molar-refractivity contribution is 0.0767. The van der Waals surface area contributed by atoms with Gasteiger partial charge in [-0.3, -0.25) is 4.79 Å². The van der Waals surface area contributed by atoms with Crippen molar-refractivity contribution in [3.63, 3.8) is 0 Å². The quantitative estimate of drug-likeness (QED) is 0.337. The van der Waals surface area contributed by atoms with Gasteiger partial charge in [0.25, 0.3) is 5.91 Å². The first-order chi connectivity index (χ1) is 17.6. The highest BCUT2D eigenvalue weighted by Gasteiger charge is 2.25. The van der Waals surface area contributed by atoms with Crippen LogP contribution >= 0.6 is 11.6 Å². The number of rotatable bonds is 5. The molecule has 0 bridgehead atoms. The first kappa shape index (κ1) is 24.0. The predicted octanol–water partition coefficient (Wildman–Crippen LogP) is 6.05. The first-order valence-electron chi connectivity index (χ1n) is 12.4. The number of hydrogen-bond donors (Lipinski definition) is 0. The van der Waals surface area contributed by atoms with Crippen molar-refractivity contribution in [1.82, 2.24) is 14.9 Å². The summed E-state index contributed by atoms with van der Waals surface area (Å²) in [6.07, 6.45) is 1.61. The molecule has 6 heteroatoms. The minimum Gasteiger partial charge on any atom is -0.354 e. The zero-order chi connectivity index (χ0) is 24.9. The molecule has 182 valence electrons. The van der Waals surface area contributed by atoms with Crippen molar-refractivity contribution in [2.24, 2.45) is 0 Å². The summed E-state index contributed by atoms with van der Waals surface area (Å²) >= 11 is 6.32. The molecule has 4 aromatic rings. The summed E-state index contributed by atoms with van der Waals surface area (Å²) in [6.45, 7) is 4.88. The maximum absolute atomic E-state index is 13.2. The van der Waals surface area contributed by atoms with E-state index in [1.165, 1.54) is 5.56 Å². The standard InChI is InChI=1S/C30H29ClN4O/c1-22-26(21-23-11-4-2-5-12-23)29(33-28(32-22)24-13-6-3-7-14-24)34-17-10-18-35(20-19-34)30(36)25-15-8-9-16-27(25)31/h2-9,11-16H,10,17-21H2,1H3. The minimum atomic E-state index is -0.0178. The van der Waals surface area contributed by atoms with Crippen molar-refractivity contribution < 1.29 is 4.79 Å². The van der Waals surface area contributed by atoms with Crippen molar-refractivity contribution in [2.45, 2.75) is 19.8 Å². The number of aromatic nitrogens is 2. The number of halogens is 1. The van der Waals surface area contributed by atoms with Crippen LogP contribution in [0.25, 0.3) is 11.4 Å². The molecule has 1 amide bonds. The SMILES string of the molecule is Cc1nc(-c2ccccc2)nc(N2CCCN(C(=O)c3ccccc3Cl)CC2)c1Cc1ccccc1. The van der Waals surface area contributed by atoms with Crippen LogP contribution in [0.15, 0.2) is 84.9 Å². The van der Waals surface area contributed by atoms with E-state index in [0.717, 1.165) is 47.8 Å². The lowest BCUT2D eigenvalue weighted by Gasteiger charge is -2.26. The van der Waals surface area contributed by atoms with Crippen LogP contribution in [0.4, 0.5) is 5.82 Å². The van der Waals surface area contributed by atoms with Crippen LogP contribution in [0.5, 0.6) is 0 Å². The van der Waals surface area contributed by atoms with E-state index in [9.17, 15) is 4.79 Å². The van der Waals surface area contributed by atoms with Crippen molar-refractivity contribution >= 4 is 23.3 Å². The Morgan fingerprint density at radius 1 is 0.833 bits per heavy atom. The summed E-state index contributed by atoms with van der Waals surface area (Å²) in [5.41, 5.74) is 4.89. The molecule has 0 saturated carbocycles. The predicted molar refractivity (Wildman–Crippen MR) is 146 cm³/mol. The first-order valence-corrected chi connectivity index (χ1v) is 12.7. The van der Waals surface area contributed by atoms with Gasteiger partial charge in [0, 0.05) is 49.4 Å². The number of nitrogens with zero attached hydrogens (tertiary/aromatic N) is 4. The number of hydrogen-bond acceptors (Lipinski definition) is 4. The van der Waals surface area contributed by atoms with Gasteiger partial charge in [-0.2, -0.15) is 0 Å². The van der Waals surface area contributed by atoms with E-state index >= 15 is 0 Å².